The number of hydrazine groups is 1. The number of anilines is 1. The Kier molecular flexibility index (Phi) is 5.68. The second-order valence-electron chi connectivity index (χ2n) is 6.97. The molecule has 0 aromatic heterocycles. The summed E-state index contributed by atoms with van der Waals surface area (Å²) in [6, 6.07) is 16.1. The zero-order valence-corrected chi connectivity index (χ0v) is 17.2. The Morgan fingerprint density at radius 3 is 2.30 bits per heavy atom. The smallest absolute Gasteiger partial charge is 0.241 e. The number of piperazine rings is 1. The molecule has 0 saturated carbocycles. The molecule has 2 atom stereocenters. The van der Waals surface area contributed by atoms with Crippen molar-refractivity contribution in [2.45, 2.75) is 18.5 Å². The molecule has 4 rings (SSSR count). The molecule has 2 fully saturated rings. The molecule has 2 aliphatic heterocycles. The van der Waals surface area contributed by atoms with E-state index >= 15 is 0 Å². The van der Waals surface area contributed by atoms with Gasteiger partial charge in [0.05, 0.1) is 0 Å². The molecule has 0 spiro atoms. The van der Waals surface area contributed by atoms with Gasteiger partial charge in [-0.2, -0.15) is 0 Å². The molecule has 1 amide bonds. The van der Waals surface area contributed by atoms with Crippen molar-refractivity contribution in [1.29, 1.82) is 0 Å². The van der Waals surface area contributed by atoms with Crippen LogP contribution in [0.3, 0.4) is 0 Å². The zero-order valence-electron chi connectivity index (χ0n) is 14.9. The lowest BCUT2D eigenvalue weighted by atomic mass is 10.0. The van der Waals surface area contributed by atoms with Gasteiger partial charge in [0.2, 0.25) is 5.91 Å². The quantitative estimate of drug-likeness (QED) is 0.754. The summed E-state index contributed by atoms with van der Waals surface area (Å²) in [5.41, 5.74) is 8.79. The van der Waals surface area contributed by atoms with Gasteiger partial charge in [0.1, 0.15) is 6.04 Å². The Hall–Kier alpha value is -1.60. The van der Waals surface area contributed by atoms with Crippen LogP contribution in [0, 0.1) is 0 Å². The number of benzene rings is 2. The van der Waals surface area contributed by atoms with Crippen LogP contribution < -0.4 is 15.8 Å². The lowest BCUT2D eigenvalue weighted by molar-refractivity contribution is -0.133. The van der Waals surface area contributed by atoms with E-state index in [0.717, 1.165) is 47.8 Å². The van der Waals surface area contributed by atoms with E-state index in [1.165, 1.54) is 5.56 Å². The fourth-order valence-electron chi connectivity index (χ4n) is 3.69. The minimum atomic E-state index is -0.180. The molecule has 2 saturated heterocycles. The fourth-order valence-corrected chi connectivity index (χ4v) is 4.08. The summed E-state index contributed by atoms with van der Waals surface area (Å²) in [6.45, 7) is 3.15. The SMILES string of the molecule is O=C(C1CC(c2ccc(Br)cc2)NN1)N1CCN(c2ccc(Cl)cc2)CC1. The summed E-state index contributed by atoms with van der Waals surface area (Å²) in [6.07, 6.45) is 0.762. The van der Waals surface area contributed by atoms with Gasteiger partial charge in [0.15, 0.2) is 0 Å². The van der Waals surface area contributed by atoms with Gasteiger partial charge in [-0.05, 0) is 48.4 Å². The van der Waals surface area contributed by atoms with Crippen LogP contribution >= 0.6 is 27.5 Å². The average Bonchev–Trinajstić information content (AvgIpc) is 3.19. The molecule has 2 heterocycles. The van der Waals surface area contributed by atoms with Crippen molar-refractivity contribution in [3.05, 3.63) is 63.6 Å². The van der Waals surface area contributed by atoms with E-state index in [4.69, 9.17) is 11.6 Å². The summed E-state index contributed by atoms with van der Waals surface area (Å²) < 4.78 is 1.06. The van der Waals surface area contributed by atoms with E-state index in [2.05, 4.69) is 43.8 Å². The highest BCUT2D eigenvalue weighted by molar-refractivity contribution is 9.10. The molecule has 2 aromatic carbocycles. The van der Waals surface area contributed by atoms with Crippen molar-refractivity contribution in [1.82, 2.24) is 15.8 Å². The first-order valence-electron chi connectivity index (χ1n) is 9.16. The monoisotopic (exact) mass is 448 g/mol. The number of amides is 1. The Morgan fingerprint density at radius 1 is 0.963 bits per heavy atom. The molecule has 2 aliphatic rings. The molecule has 2 N–H and O–H groups in total. The topological polar surface area (TPSA) is 47.6 Å². The van der Waals surface area contributed by atoms with Crippen LogP contribution in [0.1, 0.15) is 18.0 Å². The van der Waals surface area contributed by atoms with Crippen LogP contribution in [-0.4, -0.2) is 43.0 Å². The number of carbonyl (C=O) groups is 1. The lowest BCUT2D eigenvalue weighted by Gasteiger charge is -2.37. The van der Waals surface area contributed by atoms with E-state index in [-0.39, 0.29) is 18.0 Å². The van der Waals surface area contributed by atoms with Gasteiger partial charge in [0, 0.05) is 47.4 Å². The molecular formula is C20H22BrClN4O. The van der Waals surface area contributed by atoms with Crippen LogP contribution in [0.25, 0.3) is 0 Å². The number of nitrogens with one attached hydrogen (secondary N) is 2. The third-order valence-corrected chi connectivity index (χ3v) is 6.04. The average molecular weight is 450 g/mol. The van der Waals surface area contributed by atoms with Crippen molar-refractivity contribution in [3.63, 3.8) is 0 Å². The maximum Gasteiger partial charge on any atom is 0.241 e. The van der Waals surface area contributed by atoms with Crippen molar-refractivity contribution in [2.24, 2.45) is 0 Å². The molecule has 2 unspecified atom stereocenters. The van der Waals surface area contributed by atoms with Crippen molar-refractivity contribution >= 4 is 39.1 Å². The largest absolute Gasteiger partial charge is 0.368 e. The van der Waals surface area contributed by atoms with Gasteiger partial charge in [0.25, 0.3) is 0 Å². The minimum Gasteiger partial charge on any atom is -0.368 e. The Morgan fingerprint density at radius 2 is 1.63 bits per heavy atom. The van der Waals surface area contributed by atoms with Crippen LogP contribution in [0.4, 0.5) is 5.69 Å². The number of rotatable bonds is 3. The molecule has 7 heteroatoms. The predicted octanol–water partition coefficient (Wildman–Crippen LogP) is 3.36. The highest BCUT2D eigenvalue weighted by Crippen LogP contribution is 2.25. The van der Waals surface area contributed by atoms with Crippen LogP contribution in [0.5, 0.6) is 0 Å². The van der Waals surface area contributed by atoms with Crippen LogP contribution in [0.2, 0.25) is 5.02 Å². The number of hydrogen-bond donors (Lipinski definition) is 2. The second kappa shape index (κ2) is 8.19. The maximum absolute atomic E-state index is 12.9. The minimum absolute atomic E-state index is 0.155. The highest BCUT2D eigenvalue weighted by atomic mass is 79.9. The van der Waals surface area contributed by atoms with Gasteiger partial charge >= 0.3 is 0 Å². The first-order chi connectivity index (χ1) is 13.1. The number of carbonyl (C=O) groups excluding carboxylic acids is 1. The van der Waals surface area contributed by atoms with E-state index in [1.807, 2.05) is 41.3 Å². The fraction of sp³-hybridized carbons (Fsp3) is 0.350. The summed E-state index contributed by atoms with van der Waals surface area (Å²) in [4.78, 5) is 17.2. The maximum atomic E-state index is 12.9. The van der Waals surface area contributed by atoms with E-state index in [0.29, 0.717) is 0 Å². The van der Waals surface area contributed by atoms with Crippen LogP contribution in [0.15, 0.2) is 53.0 Å². The molecule has 0 radical (unpaired) electrons. The highest BCUT2D eigenvalue weighted by Gasteiger charge is 2.34. The molecule has 5 nitrogen and oxygen atoms in total. The van der Waals surface area contributed by atoms with Crippen molar-refractivity contribution in [2.75, 3.05) is 31.1 Å². The van der Waals surface area contributed by atoms with E-state index < -0.39 is 0 Å². The summed E-state index contributed by atoms with van der Waals surface area (Å²) in [7, 11) is 0. The standard InChI is InChI=1S/C20H22BrClN4O/c21-15-3-1-14(2-4-15)18-13-19(24-23-18)20(27)26-11-9-25(10-12-26)17-7-5-16(22)6-8-17/h1-8,18-19,23-24H,9-13H2. The lowest BCUT2D eigenvalue weighted by Crippen LogP contribution is -2.53. The third-order valence-electron chi connectivity index (χ3n) is 5.26. The number of halogens is 2. The van der Waals surface area contributed by atoms with Gasteiger partial charge in [-0.25, -0.2) is 10.9 Å². The molecule has 142 valence electrons. The van der Waals surface area contributed by atoms with Crippen molar-refractivity contribution in [3.8, 4) is 0 Å². The first-order valence-corrected chi connectivity index (χ1v) is 10.3. The molecule has 2 aromatic rings. The molecule has 27 heavy (non-hydrogen) atoms. The van der Waals surface area contributed by atoms with Gasteiger partial charge in [-0.1, -0.05) is 39.7 Å². The number of nitrogens with zero attached hydrogens (tertiary/aromatic N) is 2. The normalized spacial score (nSPS) is 22.9. The van der Waals surface area contributed by atoms with E-state index in [9.17, 15) is 4.79 Å². The zero-order chi connectivity index (χ0) is 18.8. The summed E-state index contributed by atoms with van der Waals surface area (Å²) >= 11 is 9.42. The van der Waals surface area contributed by atoms with Gasteiger partial charge in [-0.15, -0.1) is 0 Å². The predicted molar refractivity (Wildman–Crippen MR) is 112 cm³/mol. The molecule has 0 aliphatic carbocycles. The third kappa shape index (κ3) is 4.29. The first kappa shape index (κ1) is 18.7. The van der Waals surface area contributed by atoms with E-state index in [1.54, 1.807) is 0 Å². The van der Waals surface area contributed by atoms with Gasteiger partial charge in [-0.3, -0.25) is 4.79 Å². The Balaban J connectivity index is 1.32. The molecule has 0 bridgehead atoms. The Labute approximate surface area is 172 Å². The van der Waals surface area contributed by atoms with Gasteiger partial charge < -0.3 is 9.80 Å². The number of hydrogen-bond acceptors (Lipinski definition) is 4. The van der Waals surface area contributed by atoms with Crippen molar-refractivity contribution < 1.29 is 4.79 Å². The summed E-state index contributed by atoms with van der Waals surface area (Å²) in [5.74, 6) is 0.179. The van der Waals surface area contributed by atoms with Crippen LogP contribution in [-0.2, 0) is 4.79 Å². The second-order valence-corrected chi connectivity index (χ2v) is 8.32. The Bertz CT molecular complexity index is 791. The summed E-state index contributed by atoms with van der Waals surface area (Å²) in [5, 5.41) is 0.743. The molecular weight excluding hydrogens is 428 g/mol.